The molecule has 0 saturated carbocycles. The van der Waals surface area contributed by atoms with E-state index in [4.69, 9.17) is 9.47 Å². The summed E-state index contributed by atoms with van der Waals surface area (Å²) in [7, 11) is -2.22. The molecule has 1 aromatic rings. The fourth-order valence-electron chi connectivity index (χ4n) is 2.28. The van der Waals surface area contributed by atoms with E-state index in [1.54, 1.807) is 6.92 Å². The summed E-state index contributed by atoms with van der Waals surface area (Å²) in [5.41, 5.74) is 0.333. The Labute approximate surface area is 136 Å². The number of sulfonamides is 1. The Kier molecular flexibility index (Phi) is 5.97. The van der Waals surface area contributed by atoms with Crippen LogP contribution in [0, 0.1) is 0 Å². The highest BCUT2D eigenvalue weighted by molar-refractivity contribution is 7.89. The summed E-state index contributed by atoms with van der Waals surface area (Å²) >= 11 is 0. The van der Waals surface area contributed by atoms with Gasteiger partial charge < -0.3 is 14.8 Å². The molecule has 1 saturated heterocycles. The summed E-state index contributed by atoms with van der Waals surface area (Å²) in [6.07, 6.45) is 2.00. The smallest absolute Gasteiger partial charge is 0.240 e. The van der Waals surface area contributed by atoms with Crippen LogP contribution >= 0.6 is 0 Å². The zero-order chi connectivity index (χ0) is 16.9. The van der Waals surface area contributed by atoms with Gasteiger partial charge in [0.25, 0.3) is 0 Å². The standard InChI is InChI=1S/C15H22N2O5S/c1-3-15(18)17-13-9-12(6-7-14(13)21-2)23(19,20)16-10-11-5-4-8-22-11/h6-7,9,11,16H,3-5,8,10H2,1-2H3,(H,17,18)/t11-/m1/s1. The molecule has 7 nitrogen and oxygen atoms in total. The van der Waals surface area contributed by atoms with Crippen LogP contribution in [-0.4, -0.2) is 40.7 Å². The lowest BCUT2D eigenvalue weighted by atomic mass is 10.2. The van der Waals surface area contributed by atoms with Crippen LogP contribution in [0.3, 0.4) is 0 Å². The molecule has 0 unspecified atom stereocenters. The minimum Gasteiger partial charge on any atom is -0.495 e. The molecule has 1 amide bonds. The molecule has 2 rings (SSSR count). The van der Waals surface area contributed by atoms with E-state index in [1.165, 1.54) is 25.3 Å². The van der Waals surface area contributed by atoms with Crippen molar-refractivity contribution in [3.05, 3.63) is 18.2 Å². The Bertz CT molecular complexity index is 654. The highest BCUT2D eigenvalue weighted by atomic mass is 32.2. The van der Waals surface area contributed by atoms with Crippen molar-refractivity contribution in [2.45, 2.75) is 37.2 Å². The third-order valence-corrected chi connectivity index (χ3v) is 5.02. The molecule has 1 heterocycles. The predicted octanol–water partition coefficient (Wildman–Crippen LogP) is 1.50. The maximum absolute atomic E-state index is 12.4. The van der Waals surface area contributed by atoms with E-state index in [0.717, 1.165) is 12.8 Å². The van der Waals surface area contributed by atoms with Gasteiger partial charge in [0.15, 0.2) is 0 Å². The van der Waals surface area contributed by atoms with Crippen molar-refractivity contribution < 1.29 is 22.7 Å². The molecule has 1 aromatic carbocycles. The molecule has 0 aliphatic carbocycles. The van der Waals surface area contributed by atoms with Gasteiger partial charge >= 0.3 is 0 Å². The first-order valence-corrected chi connectivity index (χ1v) is 9.03. The molecule has 2 N–H and O–H groups in total. The molecule has 0 bridgehead atoms. The molecule has 8 heteroatoms. The molecular formula is C15H22N2O5S. The highest BCUT2D eigenvalue weighted by Crippen LogP contribution is 2.27. The summed E-state index contributed by atoms with van der Waals surface area (Å²) in [5, 5.41) is 2.64. The average molecular weight is 342 g/mol. The van der Waals surface area contributed by atoms with Crippen molar-refractivity contribution in [3.8, 4) is 5.75 Å². The second kappa shape index (κ2) is 7.76. The molecular weight excluding hydrogens is 320 g/mol. The maximum atomic E-state index is 12.4. The van der Waals surface area contributed by atoms with Crippen LogP contribution in [0.2, 0.25) is 0 Å². The molecule has 1 fully saturated rings. The zero-order valence-electron chi connectivity index (χ0n) is 13.3. The lowest BCUT2D eigenvalue weighted by Gasteiger charge is -2.14. The Hall–Kier alpha value is -1.64. The monoisotopic (exact) mass is 342 g/mol. The number of amides is 1. The molecule has 0 spiro atoms. The van der Waals surface area contributed by atoms with Gasteiger partial charge in [-0.05, 0) is 31.0 Å². The van der Waals surface area contributed by atoms with Crippen molar-refractivity contribution in [2.75, 3.05) is 25.6 Å². The van der Waals surface area contributed by atoms with Crippen LogP contribution in [0.4, 0.5) is 5.69 Å². The first kappa shape index (κ1) is 17.7. The van der Waals surface area contributed by atoms with Crippen molar-refractivity contribution in [1.82, 2.24) is 4.72 Å². The van der Waals surface area contributed by atoms with E-state index in [9.17, 15) is 13.2 Å². The van der Waals surface area contributed by atoms with E-state index in [-0.39, 0.29) is 29.9 Å². The summed E-state index contributed by atoms with van der Waals surface area (Å²) in [4.78, 5) is 11.6. The van der Waals surface area contributed by atoms with E-state index >= 15 is 0 Å². The molecule has 0 radical (unpaired) electrons. The lowest BCUT2D eigenvalue weighted by molar-refractivity contribution is -0.115. The fourth-order valence-corrected chi connectivity index (χ4v) is 3.37. The number of nitrogens with one attached hydrogen (secondary N) is 2. The van der Waals surface area contributed by atoms with Crippen LogP contribution in [0.15, 0.2) is 23.1 Å². The minimum absolute atomic E-state index is 0.0719. The third-order valence-electron chi connectivity index (χ3n) is 3.60. The van der Waals surface area contributed by atoms with Gasteiger partial charge in [-0.25, -0.2) is 13.1 Å². The number of hydrogen-bond acceptors (Lipinski definition) is 5. The number of carbonyl (C=O) groups is 1. The third kappa shape index (κ3) is 4.66. The maximum Gasteiger partial charge on any atom is 0.240 e. The number of benzene rings is 1. The van der Waals surface area contributed by atoms with E-state index < -0.39 is 10.0 Å². The largest absolute Gasteiger partial charge is 0.495 e. The number of carbonyl (C=O) groups excluding carboxylic acids is 1. The van der Waals surface area contributed by atoms with Crippen molar-refractivity contribution in [1.29, 1.82) is 0 Å². The van der Waals surface area contributed by atoms with Gasteiger partial charge in [0, 0.05) is 19.6 Å². The number of ether oxygens (including phenoxy) is 2. The van der Waals surface area contributed by atoms with Crippen molar-refractivity contribution in [2.24, 2.45) is 0 Å². The summed E-state index contributed by atoms with van der Waals surface area (Å²) in [6.45, 7) is 2.62. The minimum atomic E-state index is -3.67. The van der Waals surface area contributed by atoms with Crippen LogP contribution in [0.25, 0.3) is 0 Å². The van der Waals surface area contributed by atoms with Gasteiger partial charge in [0.1, 0.15) is 5.75 Å². The zero-order valence-corrected chi connectivity index (χ0v) is 14.1. The second-order valence-electron chi connectivity index (χ2n) is 5.25. The van der Waals surface area contributed by atoms with Gasteiger partial charge in [0.05, 0.1) is 23.8 Å². The van der Waals surface area contributed by atoms with Gasteiger partial charge in [-0.15, -0.1) is 0 Å². The Morgan fingerprint density at radius 3 is 2.83 bits per heavy atom. The average Bonchev–Trinajstić information content (AvgIpc) is 3.06. The van der Waals surface area contributed by atoms with Crippen LogP contribution in [0.1, 0.15) is 26.2 Å². The normalized spacial score (nSPS) is 17.9. The van der Waals surface area contributed by atoms with Crippen molar-refractivity contribution >= 4 is 21.6 Å². The molecule has 23 heavy (non-hydrogen) atoms. The number of hydrogen-bond donors (Lipinski definition) is 2. The van der Waals surface area contributed by atoms with Gasteiger partial charge in [-0.1, -0.05) is 6.92 Å². The Morgan fingerprint density at radius 2 is 2.22 bits per heavy atom. The quantitative estimate of drug-likeness (QED) is 0.783. The SMILES string of the molecule is CCC(=O)Nc1cc(S(=O)(=O)NC[C@H]2CCCO2)ccc1OC. The summed E-state index contributed by atoms with van der Waals surface area (Å²) < 4.78 is 37.9. The number of rotatable bonds is 7. The molecule has 1 aliphatic heterocycles. The number of anilines is 1. The van der Waals surface area contributed by atoms with E-state index in [1.807, 2.05) is 0 Å². The fraction of sp³-hybridized carbons (Fsp3) is 0.533. The lowest BCUT2D eigenvalue weighted by Crippen LogP contribution is -2.31. The topological polar surface area (TPSA) is 93.7 Å². The van der Waals surface area contributed by atoms with Gasteiger partial charge in [-0.2, -0.15) is 0 Å². The second-order valence-corrected chi connectivity index (χ2v) is 7.02. The molecule has 0 aromatic heterocycles. The highest BCUT2D eigenvalue weighted by Gasteiger charge is 2.21. The Balaban J connectivity index is 2.16. The first-order chi connectivity index (χ1) is 11.0. The van der Waals surface area contributed by atoms with E-state index in [2.05, 4.69) is 10.0 Å². The van der Waals surface area contributed by atoms with Crippen LogP contribution in [0.5, 0.6) is 5.75 Å². The molecule has 128 valence electrons. The van der Waals surface area contributed by atoms with Crippen LogP contribution in [-0.2, 0) is 19.6 Å². The predicted molar refractivity (Wildman–Crippen MR) is 86.1 cm³/mol. The Morgan fingerprint density at radius 1 is 1.43 bits per heavy atom. The van der Waals surface area contributed by atoms with Crippen LogP contribution < -0.4 is 14.8 Å². The van der Waals surface area contributed by atoms with Gasteiger partial charge in [-0.3, -0.25) is 4.79 Å². The summed E-state index contributed by atoms with van der Waals surface area (Å²) in [5.74, 6) is 0.190. The van der Waals surface area contributed by atoms with E-state index in [0.29, 0.717) is 18.0 Å². The van der Waals surface area contributed by atoms with Crippen molar-refractivity contribution in [3.63, 3.8) is 0 Å². The molecule has 1 aliphatic rings. The van der Waals surface area contributed by atoms with Gasteiger partial charge in [0.2, 0.25) is 15.9 Å². The molecule has 1 atom stereocenters. The summed E-state index contributed by atoms with van der Waals surface area (Å²) in [6, 6.07) is 4.36. The number of methoxy groups -OCH3 is 1. The first-order valence-electron chi connectivity index (χ1n) is 7.55.